The van der Waals surface area contributed by atoms with Gasteiger partial charge in [-0.05, 0) is 60.7 Å². The summed E-state index contributed by atoms with van der Waals surface area (Å²) in [6, 6.07) is 0. The fraction of sp³-hybridized carbons (Fsp3) is 0.800. The lowest BCUT2D eigenvalue weighted by atomic mass is 9.45. The van der Waals surface area contributed by atoms with Crippen LogP contribution in [0.25, 0.3) is 0 Å². The zero-order valence-corrected chi connectivity index (χ0v) is 14.0. The van der Waals surface area contributed by atoms with Crippen molar-refractivity contribution in [1.82, 2.24) is 0 Å². The van der Waals surface area contributed by atoms with Crippen molar-refractivity contribution in [3.8, 4) is 0 Å². The van der Waals surface area contributed by atoms with E-state index in [-0.39, 0.29) is 16.7 Å². The Morgan fingerprint density at radius 2 is 1.77 bits per heavy atom. The summed E-state index contributed by atoms with van der Waals surface area (Å²) in [6.07, 6.45) is 7.67. The summed E-state index contributed by atoms with van der Waals surface area (Å²) >= 11 is 0. The van der Waals surface area contributed by atoms with Gasteiger partial charge in [-0.3, -0.25) is 9.59 Å². The normalized spacial score (nSPS) is 51.3. The molecule has 4 aliphatic rings. The summed E-state index contributed by atoms with van der Waals surface area (Å²) in [5.74, 6) is 2.43. The Kier molecular flexibility index (Phi) is 3.03. The van der Waals surface area contributed by atoms with Crippen LogP contribution in [-0.4, -0.2) is 11.6 Å². The van der Waals surface area contributed by atoms with E-state index in [0.717, 1.165) is 32.1 Å². The largest absolute Gasteiger partial charge is 0.300 e. The molecule has 0 aromatic heterocycles. The van der Waals surface area contributed by atoms with Crippen LogP contribution in [0.4, 0.5) is 0 Å². The molecule has 0 saturated heterocycles. The molecule has 22 heavy (non-hydrogen) atoms. The first-order valence-corrected chi connectivity index (χ1v) is 9.09. The van der Waals surface area contributed by atoms with Crippen molar-refractivity contribution >= 4 is 11.6 Å². The second-order valence-corrected chi connectivity index (χ2v) is 8.95. The molecule has 0 N–H and O–H groups in total. The lowest BCUT2D eigenvalue weighted by Gasteiger charge is -2.58. The van der Waals surface area contributed by atoms with E-state index in [0.29, 0.717) is 42.2 Å². The van der Waals surface area contributed by atoms with Gasteiger partial charge in [-0.1, -0.05) is 26.0 Å². The van der Waals surface area contributed by atoms with E-state index in [1.165, 1.54) is 12.0 Å². The molecular weight excluding hydrogens is 272 g/mol. The molecule has 0 aliphatic heterocycles. The summed E-state index contributed by atoms with van der Waals surface area (Å²) in [4.78, 5) is 24.9. The van der Waals surface area contributed by atoms with Crippen LogP contribution in [0, 0.1) is 34.5 Å². The topological polar surface area (TPSA) is 34.1 Å². The van der Waals surface area contributed by atoms with Gasteiger partial charge in [-0.25, -0.2) is 0 Å². The van der Waals surface area contributed by atoms with Crippen molar-refractivity contribution in [3.05, 3.63) is 12.2 Å². The number of rotatable bonds is 0. The third kappa shape index (κ3) is 1.73. The highest BCUT2D eigenvalue weighted by atomic mass is 16.1. The molecular formula is C20H28O2. The molecule has 0 radical (unpaired) electrons. The average molecular weight is 300 g/mol. The first-order valence-electron chi connectivity index (χ1n) is 9.09. The van der Waals surface area contributed by atoms with Crippen LogP contribution in [0.1, 0.15) is 65.2 Å². The zero-order chi connectivity index (χ0) is 15.7. The van der Waals surface area contributed by atoms with Gasteiger partial charge in [0.25, 0.3) is 0 Å². The highest BCUT2D eigenvalue weighted by Gasteiger charge is 2.61. The summed E-state index contributed by atoms with van der Waals surface area (Å²) in [5.41, 5.74) is 1.80. The van der Waals surface area contributed by atoms with E-state index < -0.39 is 0 Å². The SMILES string of the molecule is C=C1CCC2C3C(=O)CC4CC(=O)CC[C@]4(C)C3CC[C@]12C. The van der Waals surface area contributed by atoms with Crippen LogP contribution >= 0.6 is 0 Å². The summed E-state index contributed by atoms with van der Waals surface area (Å²) in [5, 5.41) is 0. The molecule has 0 amide bonds. The van der Waals surface area contributed by atoms with Crippen molar-refractivity contribution in [2.75, 3.05) is 0 Å². The molecule has 2 nitrogen and oxygen atoms in total. The van der Waals surface area contributed by atoms with Gasteiger partial charge in [-0.2, -0.15) is 0 Å². The van der Waals surface area contributed by atoms with Crippen LogP contribution in [0.3, 0.4) is 0 Å². The Labute approximate surface area is 133 Å². The van der Waals surface area contributed by atoms with Gasteiger partial charge in [-0.15, -0.1) is 0 Å². The van der Waals surface area contributed by atoms with Gasteiger partial charge in [0.05, 0.1) is 0 Å². The van der Waals surface area contributed by atoms with Crippen molar-refractivity contribution in [3.63, 3.8) is 0 Å². The number of Topliss-reactive ketones (excluding diaryl/α,β-unsaturated/α-hetero) is 2. The van der Waals surface area contributed by atoms with E-state index in [1.807, 2.05) is 0 Å². The maximum atomic E-state index is 13.0. The highest BCUT2D eigenvalue weighted by molar-refractivity contribution is 5.86. The van der Waals surface area contributed by atoms with E-state index in [1.54, 1.807) is 0 Å². The molecule has 120 valence electrons. The van der Waals surface area contributed by atoms with Gasteiger partial charge in [0, 0.05) is 25.2 Å². The smallest absolute Gasteiger partial charge is 0.136 e. The van der Waals surface area contributed by atoms with Gasteiger partial charge >= 0.3 is 0 Å². The minimum absolute atomic E-state index is 0.199. The van der Waals surface area contributed by atoms with E-state index in [9.17, 15) is 9.59 Å². The van der Waals surface area contributed by atoms with Crippen LogP contribution < -0.4 is 0 Å². The summed E-state index contributed by atoms with van der Waals surface area (Å²) in [7, 11) is 0. The number of hydrogen-bond donors (Lipinski definition) is 0. The number of ketones is 2. The predicted molar refractivity (Wildman–Crippen MR) is 86.3 cm³/mol. The molecule has 4 rings (SSSR count). The molecule has 4 aliphatic carbocycles. The highest BCUT2D eigenvalue weighted by Crippen LogP contribution is 2.65. The molecule has 4 saturated carbocycles. The van der Waals surface area contributed by atoms with Crippen LogP contribution in [0.15, 0.2) is 12.2 Å². The molecule has 6 atom stereocenters. The number of carbonyl (C=O) groups is 2. The van der Waals surface area contributed by atoms with Gasteiger partial charge < -0.3 is 0 Å². The number of carbonyl (C=O) groups excluding carboxylic acids is 2. The number of fused-ring (bicyclic) bond motifs is 5. The van der Waals surface area contributed by atoms with Crippen molar-refractivity contribution in [2.45, 2.75) is 65.2 Å². The maximum absolute atomic E-state index is 13.0. The Morgan fingerprint density at radius 1 is 1.00 bits per heavy atom. The first kappa shape index (κ1) is 14.7. The quantitative estimate of drug-likeness (QED) is 0.624. The maximum Gasteiger partial charge on any atom is 0.136 e. The fourth-order valence-corrected chi connectivity index (χ4v) is 6.63. The monoisotopic (exact) mass is 300 g/mol. The summed E-state index contributed by atoms with van der Waals surface area (Å²) < 4.78 is 0. The standard InChI is InChI=1S/C20H28O2/c1-12-4-5-15-18-16(7-9-19(12,15)2)20(3)8-6-14(21)10-13(20)11-17(18)22/h13,15-16,18H,1,4-11H2,2-3H3/t13?,15?,16?,18?,19-,20+/m1/s1. The second-order valence-electron chi connectivity index (χ2n) is 8.95. The molecule has 0 bridgehead atoms. The van der Waals surface area contributed by atoms with E-state index in [2.05, 4.69) is 20.4 Å². The molecule has 0 aromatic carbocycles. The molecule has 4 unspecified atom stereocenters. The number of hydrogen-bond acceptors (Lipinski definition) is 2. The molecule has 0 aromatic rings. The third-order valence-electron chi connectivity index (χ3n) is 8.24. The van der Waals surface area contributed by atoms with Crippen molar-refractivity contribution < 1.29 is 9.59 Å². The van der Waals surface area contributed by atoms with Gasteiger partial charge in [0.1, 0.15) is 11.6 Å². The van der Waals surface area contributed by atoms with Crippen LogP contribution in [0.2, 0.25) is 0 Å². The van der Waals surface area contributed by atoms with Crippen molar-refractivity contribution in [1.29, 1.82) is 0 Å². The Bertz CT molecular complexity index is 562. The lowest BCUT2D eigenvalue weighted by Crippen LogP contribution is -2.56. The fourth-order valence-electron chi connectivity index (χ4n) is 6.63. The third-order valence-corrected chi connectivity index (χ3v) is 8.24. The molecule has 0 heterocycles. The Hall–Kier alpha value is -0.920. The molecule has 2 heteroatoms. The average Bonchev–Trinajstić information content (AvgIpc) is 2.77. The number of allylic oxidation sites excluding steroid dienone is 1. The summed E-state index contributed by atoms with van der Waals surface area (Å²) in [6.45, 7) is 9.07. The van der Waals surface area contributed by atoms with Crippen LogP contribution in [-0.2, 0) is 9.59 Å². The Morgan fingerprint density at radius 3 is 2.55 bits per heavy atom. The van der Waals surface area contributed by atoms with E-state index >= 15 is 0 Å². The molecule has 0 spiro atoms. The Balaban J connectivity index is 1.72. The van der Waals surface area contributed by atoms with Gasteiger partial charge in [0.15, 0.2) is 0 Å². The first-order chi connectivity index (χ1) is 10.4. The zero-order valence-electron chi connectivity index (χ0n) is 14.0. The van der Waals surface area contributed by atoms with Crippen LogP contribution in [0.5, 0.6) is 0 Å². The lowest BCUT2D eigenvalue weighted by molar-refractivity contribution is -0.155. The van der Waals surface area contributed by atoms with Crippen molar-refractivity contribution in [2.24, 2.45) is 34.5 Å². The predicted octanol–water partition coefficient (Wildman–Crippen LogP) is 4.33. The molecule has 4 fully saturated rings. The second kappa shape index (κ2) is 4.55. The minimum Gasteiger partial charge on any atom is -0.300 e. The van der Waals surface area contributed by atoms with Gasteiger partial charge in [0.2, 0.25) is 0 Å². The minimum atomic E-state index is 0.199. The van der Waals surface area contributed by atoms with E-state index in [4.69, 9.17) is 0 Å².